The Kier molecular flexibility index (Phi) is 5.17. The standard InChI is InChI=1S/C21H18F4N4O2S/c1-19(2)18(31)28-21(32,14-6-3-13(10-26)16(9-14)20(23,24)25)29(19)15-7-4-12(5-8-15)17(30)27-11-22/h3-9,32H,11H2,1-2H3,(H,27,30)(H,28,31)/i11D2. The molecule has 3 rings (SSSR count). The Hall–Kier alpha value is -3.26. The topological polar surface area (TPSA) is 85.2 Å². The van der Waals surface area contributed by atoms with Crippen LogP contribution in [0.2, 0.25) is 0 Å². The molecule has 1 atom stereocenters. The number of benzene rings is 2. The van der Waals surface area contributed by atoms with E-state index in [1.807, 2.05) is 0 Å². The smallest absolute Gasteiger partial charge is 0.325 e. The summed E-state index contributed by atoms with van der Waals surface area (Å²) in [6.07, 6.45) is -4.83. The van der Waals surface area contributed by atoms with E-state index in [0.29, 0.717) is 0 Å². The summed E-state index contributed by atoms with van der Waals surface area (Å²) in [4.78, 5) is 24.4. The molecule has 1 fully saturated rings. The van der Waals surface area contributed by atoms with Crippen LogP contribution in [0.4, 0.5) is 23.2 Å². The normalized spacial score (nSPS) is 21.3. The number of nitrogens with zero attached hydrogens (tertiary/aromatic N) is 2. The van der Waals surface area contributed by atoms with Crippen molar-refractivity contribution < 1.29 is 29.9 Å². The monoisotopic (exact) mass is 468 g/mol. The van der Waals surface area contributed by atoms with E-state index in [0.717, 1.165) is 12.1 Å². The first-order valence-corrected chi connectivity index (χ1v) is 9.54. The van der Waals surface area contributed by atoms with Crippen LogP contribution in [0.25, 0.3) is 0 Å². The second-order valence-electron chi connectivity index (χ2n) is 7.49. The number of anilines is 1. The van der Waals surface area contributed by atoms with Gasteiger partial charge in [0.2, 0.25) is 5.91 Å². The number of nitrogens with one attached hydrogen (secondary N) is 2. The van der Waals surface area contributed by atoms with Crippen molar-refractivity contribution in [3.63, 3.8) is 0 Å². The number of carbonyl (C=O) groups is 2. The minimum absolute atomic E-state index is 0.0615. The highest BCUT2D eigenvalue weighted by Gasteiger charge is 2.55. The first kappa shape index (κ1) is 20.6. The molecule has 2 amide bonds. The predicted molar refractivity (Wildman–Crippen MR) is 111 cm³/mol. The summed E-state index contributed by atoms with van der Waals surface area (Å²) in [6.45, 7) is -0.394. The van der Waals surface area contributed by atoms with E-state index in [1.54, 1.807) is 0 Å². The molecular weight excluding hydrogens is 448 g/mol. The molecule has 168 valence electrons. The fraction of sp³-hybridized carbons (Fsp3) is 0.286. The van der Waals surface area contributed by atoms with Crippen molar-refractivity contribution in [3.05, 3.63) is 64.7 Å². The minimum atomic E-state index is -4.83. The zero-order valence-electron chi connectivity index (χ0n) is 18.7. The number of thiol groups is 1. The molecule has 1 unspecified atom stereocenters. The van der Waals surface area contributed by atoms with Gasteiger partial charge in [-0.3, -0.25) is 9.59 Å². The third kappa shape index (κ3) is 3.86. The Morgan fingerprint density at radius 1 is 1.28 bits per heavy atom. The summed E-state index contributed by atoms with van der Waals surface area (Å²) in [6, 6.07) is 9.69. The molecule has 1 aliphatic rings. The van der Waals surface area contributed by atoms with E-state index >= 15 is 0 Å². The first-order chi connectivity index (χ1) is 15.5. The zero-order chi connectivity index (χ0) is 25.7. The third-order valence-corrected chi connectivity index (χ3v) is 5.69. The lowest BCUT2D eigenvalue weighted by Gasteiger charge is -2.41. The molecule has 1 saturated heterocycles. The predicted octanol–water partition coefficient (Wildman–Crippen LogP) is 3.69. The van der Waals surface area contributed by atoms with Gasteiger partial charge in [-0.25, -0.2) is 4.39 Å². The molecule has 0 aliphatic carbocycles. The van der Waals surface area contributed by atoms with Crippen LogP contribution in [0.3, 0.4) is 0 Å². The summed E-state index contributed by atoms with van der Waals surface area (Å²) < 4.78 is 67.3. The Morgan fingerprint density at radius 3 is 2.44 bits per heavy atom. The van der Waals surface area contributed by atoms with Crippen LogP contribution in [0.1, 0.15) is 43.6 Å². The van der Waals surface area contributed by atoms with Gasteiger partial charge >= 0.3 is 6.18 Å². The molecule has 0 radical (unpaired) electrons. The molecule has 2 aromatic carbocycles. The average molecular weight is 468 g/mol. The van der Waals surface area contributed by atoms with E-state index < -0.39 is 46.4 Å². The van der Waals surface area contributed by atoms with Gasteiger partial charge in [0.1, 0.15) is 5.54 Å². The van der Waals surface area contributed by atoms with Gasteiger partial charge in [-0.2, -0.15) is 18.4 Å². The van der Waals surface area contributed by atoms with E-state index in [4.69, 9.17) is 8.00 Å². The lowest BCUT2D eigenvalue weighted by atomic mass is 9.99. The van der Waals surface area contributed by atoms with Gasteiger partial charge in [0.15, 0.2) is 11.7 Å². The Morgan fingerprint density at radius 2 is 1.91 bits per heavy atom. The summed E-state index contributed by atoms with van der Waals surface area (Å²) in [5.74, 6) is -1.58. The average Bonchev–Trinajstić information content (AvgIpc) is 2.90. The number of hydrogen-bond donors (Lipinski definition) is 3. The van der Waals surface area contributed by atoms with Crippen LogP contribution in [0.15, 0.2) is 42.5 Å². The quantitative estimate of drug-likeness (QED) is 0.363. The van der Waals surface area contributed by atoms with Crippen molar-refractivity contribution in [3.8, 4) is 6.07 Å². The number of alkyl halides is 4. The van der Waals surface area contributed by atoms with Gasteiger partial charge in [0.25, 0.3) is 5.91 Å². The fourth-order valence-electron chi connectivity index (χ4n) is 3.55. The second kappa shape index (κ2) is 8.02. The summed E-state index contributed by atoms with van der Waals surface area (Å²) in [7, 11) is 0. The Balaban J connectivity index is 2.10. The highest BCUT2D eigenvalue weighted by atomic mass is 32.1. The van der Waals surface area contributed by atoms with Crippen LogP contribution in [-0.2, 0) is 16.0 Å². The van der Waals surface area contributed by atoms with Crippen LogP contribution in [-0.4, -0.2) is 24.1 Å². The van der Waals surface area contributed by atoms with Crippen molar-refractivity contribution in [1.29, 1.82) is 5.26 Å². The lowest BCUT2D eigenvalue weighted by molar-refractivity contribution is -0.137. The van der Waals surface area contributed by atoms with Gasteiger partial charge in [-0.15, -0.1) is 12.6 Å². The maximum atomic E-state index is 13.5. The van der Waals surface area contributed by atoms with E-state index in [1.165, 1.54) is 60.5 Å². The maximum absolute atomic E-state index is 13.5. The largest absolute Gasteiger partial charge is 0.417 e. The molecular formula is C21H18F4N4O2S. The SMILES string of the molecule is [2H]C([2H])(F)NC(=O)c1ccc(N2C(C)(C)C(=O)NC2(S)c2ccc(C#N)c(C(F)(F)F)c2)cc1. The molecule has 0 spiro atoms. The second-order valence-corrected chi connectivity index (χ2v) is 8.13. The van der Waals surface area contributed by atoms with Crippen LogP contribution in [0.5, 0.6) is 0 Å². The van der Waals surface area contributed by atoms with Crippen LogP contribution >= 0.6 is 12.6 Å². The van der Waals surface area contributed by atoms with E-state index in [2.05, 4.69) is 17.9 Å². The van der Waals surface area contributed by atoms with E-state index in [9.17, 15) is 27.2 Å². The third-order valence-electron chi connectivity index (χ3n) is 5.12. The highest BCUT2D eigenvalue weighted by molar-refractivity contribution is 7.81. The molecule has 6 nitrogen and oxygen atoms in total. The first-order valence-electron chi connectivity index (χ1n) is 10.1. The van der Waals surface area contributed by atoms with E-state index in [-0.39, 0.29) is 16.8 Å². The summed E-state index contributed by atoms with van der Waals surface area (Å²) in [5, 5.41) is 13.2. The molecule has 1 aliphatic heterocycles. The molecule has 11 heteroatoms. The summed E-state index contributed by atoms with van der Waals surface area (Å²) in [5.41, 5.74) is -2.97. The molecule has 2 N–H and O–H groups in total. The van der Waals surface area contributed by atoms with Crippen LogP contribution in [0, 0.1) is 11.3 Å². The molecule has 32 heavy (non-hydrogen) atoms. The summed E-state index contributed by atoms with van der Waals surface area (Å²) >= 11 is 4.54. The number of carbonyl (C=O) groups excluding carboxylic acids is 2. The number of nitriles is 1. The molecule has 0 bridgehead atoms. The van der Waals surface area contributed by atoms with Gasteiger partial charge < -0.3 is 15.5 Å². The number of halogens is 4. The number of amides is 2. The van der Waals surface area contributed by atoms with Crippen molar-refractivity contribution in [2.24, 2.45) is 0 Å². The molecule has 0 aromatic heterocycles. The minimum Gasteiger partial charge on any atom is -0.325 e. The van der Waals surface area contributed by atoms with Gasteiger partial charge in [-0.05, 0) is 50.2 Å². The molecule has 0 saturated carbocycles. The van der Waals surface area contributed by atoms with Gasteiger partial charge in [0.05, 0.1) is 19.9 Å². The van der Waals surface area contributed by atoms with Crippen molar-refractivity contribution >= 4 is 30.1 Å². The number of hydrogen-bond acceptors (Lipinski definition) is 5. The van der Waals surface area contributed by atoms with Crippen molar-refractivity contribution in [2.45, 2.75) is 30.6 Å². The van der Waals surface area contributed by atoms with Gasteiger partial charge in [0, 0.05) is 16.8 Å². The lowest BCUT2D eigenvalue weighted by Crippen LogP contribution is -2.50. The van der Waals surface area contributed by atoms with Crippen LogP contribution < -0.4 is 15.5 Å². The fourth-order valence-corrected chi connectivity index (χ4v) is 4.16. The van der Waals surface area contributed by atoms with Crippen molar-refractivity contribution in [2.75, 3.05) is 11.7 Å². The molecule has 2 aromatic rings. The highest BCUT2D eigenvalue weighted by Crippen LogP contribution is 2.46. The maximum Gasteiger partial charge on any atom is 0.417 e. The van der Waals surface area contributed by atoms with Crippen molar-refractivity contribution in [1.82, 2.24) is 10.6 Å². The zero-order valence-corrected chi connectivity index (χ0v) is 17.6. The Labute approximate surface area is 189 Å². The van der Waals surface area contributed by atoms with Gasteiger partial charge in [-0.1, -0.05) is 6.07 Å². The Bertz CT molecular complexity index is 1190. The molecule has 1 heterocycles. The number of rotatable bonds is 4.